The lowest BCUT2D eigenvalue weighted by Crippen LogP contribution is -2.43. The lowest BCUT2D eigenvalue weighted by atomic mass is 10.1. The smallest absolute Gasteiger partial charge is 0.207 e. The lowest BCUT2D eigenvalue weighted by molar-refractivity contribution is -0.121. The molecule has 2 N–H and O–H groups in total. The highest BCUT2D eigenvalue weighted by Gasteiger charge is 2.30. The summed E-state index contributed by atoms with van der Waals surface area (Å²) in [7, 11) is -4.48. The average molecular weight is 332 g/mol. The maximum absolute atomic E-state index is 13.6. The van der Waals surface area contributed by atoms with Crippen molar-refractivity contribution in [3.05, 3.63) is 35.4 Å². The average Bonchev–Trinajstić information content (AvgIpc) is 2.34. The highest BCUT2D eigenvalue weighted by atomic mass is 32.2. The molecule has 0 saturated carbocycles. The number of alkyl halides is 3. The molecule has 1 atom stereocenters. The minimum absolute atomic E-state index is 0.0650. The molecule has 4 nitrogen and oxygen atoms in total. The topological polar surface area (TPSA) is 58.2 Å². The summed E-state index contributed by atoms with van der Waals surface area (Å²) in [5.74, 6) is -1.83. The molecule has 0 saturated heterocycles. The van der Waals surface area contributed by atoms with Crippen molar-refractivity contribution >= 4 is 10.2 Å². The molecule has 0 bridgehead atoms. The van der Waals surface area contributed by atoms with Crippen LogP contribution in [-0.4, -0.2) is 21.1 Å². The van der Waals surface area contributed by atoms with Gasteiger partial charge in [-0.3, -0.25) is 0 Å². The number of rotatable bonds is 6. The predicted octanol–water partition coefficient (Wildman–Crippen LogP) is 2.40. The fourth-order valence-corrected chi connectivity index (χ4v) is 2.66. The Hall–Kier alpha value is -1.26. The van der Waals surface area contributed by atoms with Gasteiger partial charge in [0.25, 0.3) is 10.2 Å². The van der Waals surface area contributed by atoms with E-state index in [2.05, 4.69) is 0 Å². The molecule has 1 aromatic carbocycles. The maximum atomic E-state index is 13.6. The summed E-state index contributed by atoms with van der Waals surface area (Å²) in [5, 5.41) is 0. The molecule has 1 rings (SSSR count). The second-order valence-electron chi connectivity index (χ2n) is 4.18. The number of hydrogen-bond acceptors (Lipinski definition) is 2. The largest absolute Gasteiger partial charge is 0.402 e. The van der Waals surface area contributed by atoms with Crippen LogP contribution < -0.4 is 9.44 Å². The highest BCUT2D eigenvalue weighted by molar-refractivity contribution is 7.87. The van der Waals surface area contributed by atoms with Crippen molar-refractivity contribution in [2.75, 3.05) is 6.54 Å². The van der Waals surface area contributed by atoms with Crippen LogP contribution in [0.4, 0.5) is 22.0 Å². The van der Waals surface area contributed by atoms with Crippen LogP contribution in [0.2, 0.25) is 0 Å². The molecule has 21 heavy (non-hydrogen) atoms. The van der Waals surface area contributed by atoms with Gasteiger partial charge < -0.3 is 0 Å². The van der Waals surface area contributed by atoms with Crippen LogP contribution in [0.1, 0.15) is 24.9 Å². The third-order valence-corrected chi connectivity index (χ3v) is 3.63. The van der Waals surface area contributed by atoms with E-state index >= 15 is 0 Å². The van der Waals surface area contributed by atoms with E-state index in [0.29, 0.717) is 6.07 Å². The van der Waals surface area contributed by atoms with Crippen LogP contribution in [0.3, 0.4) is 0 Å². The zero-order valence-electron chi connectivity index (χ0n) is 10.8. The summed E-state index contributed by atoms with van der Waals surface area (Å²) in [6.07, 6.45) is -4.65. The van der Waals surface area contributed by atoms with E-state index in [-0.39, 0.29) is 12.0 Å². The van der Waals surface area contributed by atoms with Crippen LogP contribution in [0.15, 0.2) is 18.2 Å². The molecule has 10 heteroatoms. The van der Waals surface area contributed by atoms with Gasteiger partial charge >= 0.3 is 6.18 Å². The summed E-state index contributed by atoms with van der Waals surface area (Å²) < 4.78 is 88.4. The second-order valence-corrected chi connectivity index (χ2v) is 5.72. The molecule has 1 unspecified atom stereocenters. The molecular weight excluding hydrogens is 319 g/mol. The van der Waals surface area contributed by atoms with Gasteiger partial charge in [-0.1, -0.05) is 13.0 Å². The molecule has 0 aliphatic rings. The Morgan fingerprint density at radius 3 is 2.33 bits per heavy atom. The Morgan fingerprint density at radius 2 is 1.86 bits per heavy atom. The Morgan fingerprint density at radius 1 is 1.24 bits per heavy atom. The first-order chi connectivity index (χ1) is 9.54. The Balaban J connectivity index is 2.86. The van der Waals surface area contributed by atoms with E-state index in [9.17, 15) is 30.4 Å². The monoisotopic (exact) mass is 332 g/mol. The van der Waals surface area contributed by atoms with Gasteiger partial charge in [0.2, 0.25) is 0 Å². The Labute approximate surface area is 118 Å². The standard InChI is InChI=1S/C11H13F5N2O2S/c1-2-10(8-4-3-7(12)5-9(8)13)18-21(19,20)17-6-11(14,15)16/h3-5,10,17-18H,2,6H2,1H3. The van der Waals surface area contributed by atoms with Crippen molar-refractivity contribution in [3.8, 4) is 0 Å². The molecule has 0 spiro atoms. The molecule has 0 amide bonds. The Bertz CT molecular complexity index is 589. The third-order valence-electron chi connectivity index (χ3n) is 2.51. The molecule has 1 aromatic rings. The van der Waals surface area contributed by atoms with Crippen molar-refractivity contribution in [1.29, 1.82) is 0 Å². The molecule has 0 aliphatic carbocycles. The van der Waals surface area contributed by atoms with Crippen LogP contribution in [0.5, 0.6) is 0 Å². The van der Waals surface area contributed by atoms with E-state index < -0.39 is 40.6 Å². The van der Waals surface area contributed by atoms with Gasteiger partial charge in [-0.15, -0.1) is 0 Å². The normalized spacial score (nSPS) is 14.2. The van der Waals surface area contributed by atoms with Gasteiger partial charge in [-0.25, -0.2) is 8.78 Å². The molecule has 0 heterocycles. The zero-order valence-corrected chi connectivity index (χ0v) is 11.7. The van der Waals surface area contributed by atoms with Crippen molar-refractivity contribution in [2.24, 2.45) is 0 Å². The fourth-order valence-electron chi connectivity index (χ4n) is 1.56. The summed E-state index contributed by atoms with van der Waals surface area (Å²) in [5.41, 5.74) is -0.156. The van der Waals surface area contributed by atoms with E-state index in [1.54, 1.807) is 0 Å². The first-order valence-electron chi connectivity index (χ1n) is 5.82. The quantitative estimate of drug-likeness (QED) is 0.786. The van der Waals surface area contributed by atoms with E-state index in [4.69, 9.17) is 0 Å². The van der Waals surface area contributed by atoms with E-state index in [0.717, 1.165) is 12.1 Å². The SMILES string of the molecule is CCC(NS(=O)(=O)NCC(F)(F)F)c1ccc(F)cc1F. The second kappa shape index (κ2) is 6.67. The number of hydrogen-bond donors (Lipinski definition) is 2. The van der Waals surface area contributed by atoms with Gasteiger partial charge in [-0.05, 0) is 12.5 Å². The number of benzene rings is 1. The summed E-state index contributed by atoms with van der Waals surface area (Å²) in [6.45, 7) is -0.246. The van der Waals surface area contributed by atoms with Crippen LogP contribution in [-0.2, 0) is 10.2 Å². The zero-order chi connectivity index (χ0) is 16.3. The molecule has 0 aliphatic heterocycles. The van der Waals surface area contributed by atoms with Crippen LogP contribution >= 0.6 is 0 Å². The predicted molar refractivity (Wildman–Crippen MR) is 65.5 cm³/mol. The highest BCUT2D eigenvalue weighted by Crippen LogP contribution is 2.21. The van der Waals surface area contributed by atoms with Gasteiger partial charge in [0, 0.05) is 11.6 Å². The van der Waals surface area contributed by atoms with Gasteiger partial charge in [0.1, 0.15) is 18.2 Å². The van der Waals surface area contributed by atoms with Crippen LogP contribution in [0.25, 0.3) is 0 Å². The van der Waals surface area contributed by atoms with Crippen molar-refractivity contribution in [3.63, 3.8) is 0 Å². The summed E-state index contributed by atoms with van der Waals surface area (Å²) in [4.78, 5) is 0. The van der Waals surface area contributed by atoms with Gasteiger partial charge in [0.05, 0.1) is 6.04 Å². The first-order valence-corrected chi connectivity index (χ1v) is 7.31. The lowest BCUT2D eigenvalue weighted by Gasteiger charge is -2.19. The molecular formula is C11H13F5N2O2S. The molecule has 0 radical (unpaired) electrons. The summed E-state index contributed by atoms with van der Waals surface area (Å²) >= 11 is 0. The fraction of sp³-hybridized carbons (Fsp3) is 0.455. The van der Waals surface area contributed by atoms with Gasteiger partial charge in [-0.2, -0.15) is 31.0 Å². The minimum Gasteiger partial charge on any atom is -0.207 e. The Kier molecular flexibility index (Phi) is 5.65. The van der Waals surface area contributed by atoms with Crippen molar-refractivity contribution in [1.82, 2.24) is 9.44 Å². The number of halogens is 5. The maximum Gasteiger partial charge on any atom is 0.402 e. The van der Waals surface area contributed by atoms with E-state index in [1.807, 2.05) is 4.72 Å². The molecule has 0 fully saturated rings. The summed E-state index contributed by atoms with van der Waals surface area (Å²) in [6, 6.07) is 1.41. The van der Waals surface area contributed by atoms with Crippen molar-refractivity contribution in [2.45, 2.75) is 25.6 Å². The van der Waals surface area contributed by atoms with E-state index in [1.165, 1.54) is 11.6 Å². The van der Waals surface area contributed by atoms with Gasteiger partial charge in [0.15, 0.2) is 0 Å². The minimum atomic E-state index is -4.71. The molecule has 120 valence electrons. The third kappa shape index (κ3) is 5.94. The first kappa shape index (κ1) is 17.8. The van der Waals surface area contributed by atoms with Crippen molar-refractivity contribution < 1.29 is 30.4 Å². The number of nitrogens with one attached hydrogen (secondary N) is 2. The molecule has 0 aromatic heterocycles. The van der Waals surface area contributed by atoms with Crippen LogP contribution in [0, 0.1) is 11.6 Å².